The number of aromatic nitrogens is 2. The van der Waals surface area contributed by atoms with E-state index in [2.05, 4.69) is 33.8 Å². The van der Waals surface area contributed by atoms with Crippen LogP contribution in [0.15, 0.2) is 36.8 Å². The predicted octanol–water partition coefficient (Wildman–Crippen LogP) is 4.17. The predicted molar refractivity (Wildman–Crippen MR) is 87.6 cm³/mol. The van der Waals surface area contributed by atoms with Crippen molar-refractivity contribution >= 4 is 0 Å². The van der Waals surface area contributed by atoms with Gasteiger partial charge in [0.15, 0.2) is 0 Å². The third kappa shape index (κ3) is 2.38. The Bertz CT molecular complexity index is 642. The molecule has 1 N–H and O–H groups in total. The van der Waals surface area contributed by atoms with Gasteiger partial charge in [0.25, 0.3) is 0 Å². The first-order valence-corrected chi connectivity index (χ1v) is 8.64. The summed E-state index contributed by atoms with van der Waals surface area (Å²) in [5.41, 5.74) is 3.90. The topological polar surface area (TPSA) is 38.1 Å². The molecule has 0 amide bonds. The number of aliphatic hydroxyl groups is 1. The van der Waals surface area contributed by atoms with Crippen LogP contribution in [0.2, 0.25) is 0 Å². The SMILES string of the molecule is OC(CCC1c2ccccc2-c2cncn21)C1CCCCC1. The highest BCUT2D eigenvalue weighted by Crippen LogP contribution is 2.41. The van der Waals surface area contributed by atoms with Crippen LogP contribution in [-0.4, -0.2) is 20.8 Å². The lowest BCUT2D eigenvalue weighted by atomic mass is 9.83. The first-order valence-electron chi connectivity index (χ1n) is 8.64. The van der Waals surface area contributed by atoms with Crippen LogP contribution in [0.25, 0.3) is 11.3 Å². The quantitative estimate of drug-likeness (QED) is 0.919. The highest BCUT2D eigenvalue weighted by atomic mass is 16.3. The third-order valence-electron chi connectivity index (χ3n) is 5.53. The molecule has 0 saturated heterocycles. The Labute approximate surface area is 132 Å². The van der Waals surface area contributed by atoms with Crippen LogP contribution in [0.1, 0.15) is 56.6 Å². The summed E-state index contributed by atoms with van der Waals surface area (Å²) in [6.07, 6.45) is 12.0. The van der Waals surface area contributed by atoms with Crippen molar-refractivity contribution in [3.63, 3.8) is 0 Å². The number of imidazole rings is 1. The largest absolute Gasteiger partial charge is 0.393 e. The van der Waals surface area contributed by atoms with Gasteiger partial charge in [-0.1, -0.05) is 43.5 Å². The minimum atomic E-state index is -0.139. The molecule has 22 heavy (non-hydrogen) atoms. The first-order chi connectivity index (χ1) is 10.8. The van der Waals surface area contributed by atoms with Crippen molar-refractivity contribution in [3.8, 4) is 11.3 Å². The third-order valence-corrected chi connectivity index (χ3v) is 5.53. The molecule has 3 heteroatoms. The molecule has 1 aromatic carbocycles. The van der Waals surface area contributed by atoms with E-state index >= 15 is 0 Å². The zero-order chi connectivity index (χ0) is 14.9. The molecule has 0 bridgehead atoms. The molecule has 0 spiro atoms. The van der Waals surface area contributed by atoms with Gasteiger partial charge in [-0.3, -0.25) is 0 Å². The van der Waals surface area contributed by atoms with Crippen molar-refractivity contribution in [2.75, 3.05) is 0 Å². The summed E-state index contributed by atoms with van der Waals surface area (Å²) in [5.74, 6) is 0.521. The fourth-order valence-electron chi connectivity index (χ4n) is 4.31. The van der Waals surface area contributed by atoms with Gasteiger partial charge in [0.05, 0.1) is 30.4 Å². The zero-order valence-electron chi connectivity index (χ0n) is 13.0. The minimum absolute atomic E-state index is 0.139. The van der Waals surface area contributed by atoms with E-state index in [4.69, 9.17) is 0 Å². The van der Waals surface area contributed by atoms with E-state index in [0.717, 1.165) is 12.8 Å². The molecule has 3 nitrogen and oxygen atoms in total. The second-order valence-corrected chi connectivity index (χ2v) is 6.83. The highest BCUT2D eigenvalue weighted by molar-refractivity contribution is 5.68. The van der Waals surface area contributed by atoms with E-state index < -0.39 is 0 Å². The van der Waals surface area contributed by atoms with Crippen molar-refractivity contribution in [2.45, 2.75) is 57.1 Å². The van der Waals surface area contributed by atoms with Crippen molar-refractivity contribution in [1.82, 2.24) is 9.55 Å². The van der Waals surface area contributed by atoms with Gasteiger partial charge in [0, 0.05) is 5.56 Å². The normalized spacial score (nSPS) is 22.3. The van der Waals surface area contributed by atoms with E-state index in [1.807, 2.05) is 12.5 Å². The van der Waals surface area contributed by atoms with Gasteiger partial charge in [0.1, 0.15) is 0 Å². The van der Waals surface area contributed by atoms with Crippen LogP contribution in [0, 0.1) is 5.92 Å². The smallest absolute Gasteiger partial charge is 0.0956 e. The number of benzene rings is 1. The fraction of sp³-hybridized carbons (Fsp3) is 0.526. The Kier molecular flexibility index (Phi) is 3.75. The van der Waals surface area contributed by atoms with Gasteiger partial charge >= 0.3 is 0 Å². The lowest BCUT2D eigenvalue weighted by molar-refractivity contribution is 0.0730. The van der Waals surface area contributed by atoms with Crippen LogP contribution in [0.4, 0.5) is 0 Å². The molecule has 1 fully saturated rings. The lowest BCUT2D eigenvalue weighted by Gasteiger charge is -2.27. The summed E-state index contributed by atoms with van der Waals surface area (Å²) in [5, 5.41) is 10.6. The average Bonchev–Trinajstić information content (AvgIpc) is 3.15. The maximum absolute atomic E-state index is 10.6. The molecule has 2 unspecified atom stereocenters. The van der Waals surface area contributed by atoms with E-state index in [9.17, 15) is 5.11 Å². The van der Waals surface area contributed by atoms with Crippen LogP contribution >= 0.6 is 0 Å². The van der Waals surface area contributed by atoms with Gasteiger partial charge in [-0.05, 0) is 37.2 Å². The first kappa shape index (κ1) is 14.0. The second-order valence-electron chi connectivity index (χ2n) is 6.83. The number of aliphatic hydroxyl groups excluding tert-OH is 1. The Hall–Kier alpha value is -1.61. The van der Waals surface area contributed by atoms with Crippen LogP contribution in [0.3, 0.4) is 0 Å². The summed E-state index contributed by atoms with van der Waals surface area (Å²) < 4.78 is 2.28. The highest BCUT2D eigenvalue weighted by Gasteiger charge is 2.29. The van der Waals surface area contributed by atoms with Gasteiger partial charge in [-0.15, -0.1) is 0 Å². The molecule has 1 aliphatic heterocycles. The molecule has 2 atom stereocenters. The van der Waals surface area contributed by atoms with E-state index in [0.29, 0.717) is 12.0 Å². The van der Waals surface area contributed by atoms with Gasteiger partial charge in [0.2, 0.25) is 0 Å². The van der Waals surface area contributed by atoms with Crippen molar-refractivity contribution in [2.24, 2.45) is 5.92 Å². The zero-order valence-corrected chi connectivity index (χ0v) is 13.0. The molecular weight excluding hydrogens is 272 g/mol. The molecule has 116 valence electrons. The fourth-order valence-corrected chi connectivity index (χ4v) is 4.31. The van der Waals surface area contributed by atoms with Gasteiger partial charge in [-0.2, -0.15) is 0 Å². The molecule has 2 aliphatic rings. The minimum Gasteiger partial charge on any atom is -0.393 e. The van der Waals surface area contributed by atoms with E-state index in [1.54, 1.807) is 0 Å². The number of hydrogen-bond donors (Lipinski definition) is 1. The Balaban J connectivity index is 1.49. The average molecular weight is 296 g/mol. The van der Waals surface area contributed by atoms with E-state index in [1.165, 1.54) is 48.9 Å². The Morgan fingerprint density at radius 2 is 2.00 bits per heavy atom. The van der Waals surface area contributed by atoms with Gasteiger partial charge < -0.3 is 9.67 Å². The number of nitrogens with zero attached hydrogens (tertiary/aromatic N) is 2. The van der Waals surface area contributed by atoms with Gasteiger partial charge in [-0.25, -0.2) is 4.98 Å². The second kappa shape index (κ2) is 5.88. The Morgan fingerprint density at radius 3 is 2.86 bits per heavy atom. The van der Waals surface area contributed by atoms with Crippen molar-refractivity contribution in [3.05, 3.63) is 42.4 Å². The molecule has 2 aromatic rings. The van der Waals surface area contributed by atoms with Crippen molar-refractivity contribution in [1.29, 1.82) is 0 Å². The molecule has 4 rings (SSSR count). The number of rotatable bonds is 4. The Morgan fingerprint density at radius 1 is 1.18 bits per heavy atom. The number of hydrogen-bond acceptors (Lipinski definition) is 2. The molecule has 1 aliphatic carbocycles. The summed E-state index contributed by atoms with van der Waals surface area (Å²) in [6.45, 7) is 0. The number of fused-ring (bicyclic) bond motifs is 3. The summed E-state index contributed by atoms with van der Waals surface area (Å²) in [6, 6.07) is 8.95. The molecule has 1 aromatic heterocycles. The molecule has 0 radical (unpaired) electrons. The molecule has 2 heterocycles. The van der Waals surface area contributed by atoms with Crippen LogP contribution < -0.4 is 0 Å². The maximum Gasteiger partial charge on any atom is 0.0956 e. The molecule has 1 saturated carbocycles. The summed E-state index contributed by atoms with van der Waals surface area (Å²) >= 11 is 0. The summed E-state index contributed by atoms with van der Waals surface area (Å²) in [4.78, 5) is 4.31. The van der Waals surface area contributed by atoms with Crippen LogP contribution in [-0.2, 0) is 0 Å². The lowest BCUT2D eigenvalue weighted by Crippen LogP contribution is -2.23. The van der Waals surface area contributed by atoms with Crippen LogP contribution in [0.5, 0.6) is 0 Å². The maximum atomic E-state index is 10.6. The monoisotopic (exact) mass is 296 g/mol. The standard InChI is InChI=1S/C19H24N2O/c22-19(14-6-2-1-3-7-14)11-10-17-15-8-4-5-9-16(15)18-12-20-13-21(17)18/h4-5,8-9,12-14,17,19,22H,1-3,6-7,10-11H2. The summed E-state index contributed by atoms with van der Waals surface area (Å²) in [7, 11) is 0. The molecular formula is C19H24N2O. The van der Waals surface area contributed by atoms with E-state index in [-0.39, 0.29) is 6.10 Å². The van der Waals surface area contributed by atoms with Crippen molar-refractivity contribution < 1.29 is 5.11 Å².